The SMILES string of the molecule is NC(=O)C1=COC(c2ccnc(NCC3CC3)c2)N1c1cn(C2CCN(Cc3ccc4c(c3Br)CN(C3CCC(=O)NC3=O)C4=O)CC2)nc1C(F)F. The third kappa shape index (κ3) is 6.87. The molecule has 4 amide bonds. The number of hydrogen-bond donors (Lipinski definition) is 3. The molecule has 2 aromatic heterocycles. The van der Waals surface area contributed by atoms with E-state index in [0.717, 1.165) is 22.1 Å². The van der Waals surface area contributed by atoms with E-state index in [4.69, 9.17) is 10.5 Å². The fraction of sp³-hybridized carbons (Fsp3) is 0.444. The van der Waals surface area contributed by atoms with Crippen LogP contribution in [0, 0.1) is 5.92 Å². The van der Waals surface area contributed by atoms with E-state index < -0.39 is 36.2 Å². The molecule has 8 rings (SSSR count). The molecule has 3 aromatic rings. The number of aromatic nitrogens is 3. The zero-order chi connectivity index (χ0) is 37.0. The summed E-state index contributed by atoms with van der Waals surface area (Å²) in [5.74, 6) is -0.606. The lowest BCUT2D eigenvalue weighted by Crippen LogP contribution is -2.52. The van der Waals surface area contributed by atoms with Crippen LogP contribution in [-0.2, 0) is 32.2 Å². The maximum Gasteiger partial charge on any atom is 0.284 e. The molecule has 4 N–H and O–H groups in total. The minimum Gasteiger partial charge on any atom is -0.471 e. The summed E-state index contributed by atoms with van der Waals surface area (Å²) in [6.45, 7) is 2.95. The Bertz CT molecular complexity index is 2010. The third-order valence-electron chi connectivity index (χ3n) is 10.7. The standard InChI is InChI=1S/C36H38BrF2N9O5/c37-30-21(3-4-23-24(30)16-46(35(23)52)25-5-6-29(49)43-34(25)51)15-45-11-8-22(9-12-45)47-17-26(31(44-47)32(38)39)48-27(33(40)50)18-53-36(48)20-7-10-41-28(13-20)42-14-19-1-2-19/h3-4,7,10,13,17-19,22,25,32,36H,1-2,5-6,8-9,11-12,14-16H2,(H2,40,50)(H,41,42)(H,43,49,51). The number of pyridine rings is 1. The van der Waals surface area contributed by atoms with Crippen molar-refractivity contribution >= 4 is 51.1 Å². The number of ether oxygens (including phenoxy) is 1. The number of nitrogens with two attached hydrogens (primary N) is 1. The highest BCUT2D eigenvalue weighted by Gasteiger charge is 2.41. The molecule has 0 radical (unpaired) electrons. The van der Waals surface area contributed by atoms with Gasteiger partial charge in [0.1, 0.15) is 23.8 Å². The molecule has 4 aliphatic heterocycles. The van der Waals surface area contributed by atoms with Gasteiger partial charge in [-0.25, -0.2) is 13.8 Å². The molecule has 278 valence electrons. The summed E-state index contributed by atoms with van der Waals surface area (Å²) < 4.78 is 37.5. The Morgan fingerprint density at radius 2 is 1.91 bits per heavy atom. The van der Waals surface area contributed by atoms with Gasteiger partial charge in [0.2, 0.25) is 18.0 Å². The van der Waals surface area contributed by atoms with Crippen molar-refractivity contribution in [2.45, 2.75) is 76.4 Å². The number of piperidine rings is 2. The Hall–Kier alpha value is -4.90. The number of carbonyl (C=O) groups excluding carboxylic acids is 4. The first-order valence-corrected chi connectivity index (χ1v) is 18.5. The number of benzene rings is 1. The van der Waals surface area contributed by atoms with Gasteiger partial charge in [-0.05, 0) is 67.3 Å². The van der Waals surface area contributed by atoms with Crippen LogP contribution in [0.4, 0.5) is 20.3 Å². The van der Waals surface area contributed by atoms with Crippen LogP contribution >= 0.6 is 15.9 Å². The van der Waals surface area contributed by atoms with Crippen LogP contribution in [0.25, 0.3) is 0 Å². The highest BCUT2D eigenvalue weighted by atomic mass is 79.9. The number of imide groups is 1. The summed E-state index contributed by atoms with van der Waals surface area (Å²) >= 11 is 3.72. The van der Waals surface area contributed by atoms with Crippen LogP contribution in [-0.4, -0.2) is 73.9 Å². The molecule has 53 heavy (non-hydrogen) atoms. The largest absolute Gasteiger partial charge is 0.471 e. The van der Waals surface area contributed by atoms with Crippen molar-refractivity contribution in [3.8, 4) is 0 Å². The van der Waals surface area contributed by atoms with E-state index in [1.54, 1.807) is 35.3 Å². The van der Waals surface area contributed by atoms with E-state index in [0.29, 0.717) is 61.8 Å². The molecule has 2 atom stereocenters. The van der Waals surface area contributed by atoms with Crippen LogP contribution in [0.2, 0.25) is 0 Å². The van der Waals surface area contributed by atoms with E-state index in [1.165, 1.54) is 28.9 Å². The Labute approximate surface area is 311 Å². The van der Waals surface area contributed by atoms with Gasteiger partial charge in [0.25, 0.3) is 18.2 Å². The number of anilines is 2. The molecule has 0 bridgehead atoms. The van der Waals surface area contributed by atoms with Crippen molar-refractivity contribution < 1.29 is 32.7 Å². The lowest BCUT2D eigenvalue weighted by molar-refractivity contribution is -0.137. The summed E-state index contributed by atoms with van der Waals surface area (Å²) in [6.07, 6.45) is 4.58. The second kappa shape index (κ2) is 14.2. The first-order valence-electron chi connectivity index (χ1n) is 17.7. The van der Waals surface area contributed by atoms with Gasteiger partial charge in [0, 0.05) is 67.1 Å². The van der Waals surface area contributed by atoms with Gasteiger partial charge in [0.15, 0.2) is 5.69 Å². The van der Waals surface area contributed by atoms with E-state index in [2.05, 4.69) is 41.5 Å². The lowest BCUT2D eigenvalue weighted by Gasteiger charge is -2.32. The van der Waals surface area contributed by atoms with E-state index in [9.17, 15) is 28.0 Å². The van der Waals surface area contributed by atoms with Gasteiger partial charge in [-0.2, -0.15) is 5.10 Å². The molecule has 1 aromatic carbocycles. The van der Waals surface area contributed by atoms with Crippen molar-refractivity contribution in [3.05, 3.63) is 81.0 Å². The number of amides is 4. The molecule has 1 aliphatic carbocycles. The molecule has 14 nitrogen and oxygen atoms in total. The maximum absolute atomic E-state index is 14.6. The molecule has 0 spiro atoms. The summed E-state index contributed by atoms with van der Waals surface area (Å²) in [5.41, 5.74) is 8.15. The van der Waals surface area contributed by atoms with Gasteiger partial charge in [-0.3, -0.25) is 39.0 Å². The van der Waals surface area contributed by atoms with Crippen LogP contribution < -0.4 is 21.3 Å². The lowest BCUT2D eigenvalue weighted by atomic mass is 10.0. The summed E-state index contributed by atoms with van der Waals surface area (Å²) in [7, 11) is 0. The average molecular weight is 795 g/mol. The highest BCUT2D eigenvalue weighted by Crippen LogP contribution is 2.43. The minimum absolute atomic E-state index is 0.0438. The van der Waals surface area contributed by atoms with Crippen LogP contribution in [0.15, 0.2) is 53.1 Å². The van der Waals surface area contributed by atoms with Crippen molar-refractivity contribution in [3.63, 3.8) is 0 Å². The summed E-state index contributed by atoms with van der Waals surface area (Å²) in [6, 6.07) is 6.32. The normalized spacial score (nSPS) is 22.3. The molecule has 1 saturated carbocycles. The Balaban J connectivity index is 0.962. The fourth-order valence-corrected chi connectivity index (χ4v) is 8.18. The second-order valence-electron chi connectivity index (χ2n) is 14.2. The number of nitrogens with one attached hydrogen (secondary N) is 2. The van der Waals surface area contributed by atoms with Gasteiger partial charge in [-0.1, -0.05) is 22.0 Å². The van der Waals surface area contributed by atoms with Crippen LogP contribution in [0.1, 0.15) is 90.0 Å². The van der Waals surface area contributed by atoms with E-state index >= 15 is 0 Å². The summed E-state index contributed by atoms with van der Waals surface area (Å²) in [5, 5.41) is 10.00. The van der Waals surface area contributed by atoms with Gasteiger partial charge >= 0.3 is 0 Å². The predicted molar refractivity (Wildman–Crippen MR) is 190 cm³/mol. The van der Waals surface area contributed by atoms with E-state index in [-0.39, 0.29) is 42.2 Å². The zero-order valence-electron chi connectivity index (χ0n) is 28.6. The first-order chi connectivity index (χ1) is 25.5. The average Bonchev–Trinajstić information content (AvgIpc) is 3.53. The number of fused-ring (bicyclic) bond motifs is 1. The number of rotatable bonds is 11. The third-order valence-corrected chi connectivity index (χ3v) is 11.6. The fourth-order valence-electron chi connectivity index (χ4n) is 7.58. The Morgan fingerprint density at radius 1 is 1.11 bits per heavy atom. The van der Waals surface area contributed by atoms with Gasteiger partial charge < -0.3 is 20.7 Å². The van der Waals surface area contributed by atoms with Crippen molar-refractivity contribution in [1.29, 1.82) is 0 Å². The minimum atomic E-state index is -2.93. The molecule has 3 fully saturated rings. The molecule has 6 heterocycles. The predicted octanol–water partition coefficient (Wildman–Crippen LogP) is 4.26. The van der Waals surface area contributed by atoms with E-state index in [1.807, 2.05) is 6.07 Å². The first kappa shape index (κ1) is 35.1. The monoisotopic (exact) mass is 793 g/mol. The number of primary amides is 1. The van der Waals surface area contributed by atoms with Crippen molar-refractivity contribution in [1.82, 2.24) is 29.9 Å². The maximum atomic E-state index is 14.6. The molecule has 2 saturated heterocycles. The molecule has 2 unspecified atom stereocenters. The number of carbonyl (C=O) groups is 4. The van der Waals surface area contributed by atoms with Crippen LogP contribution in [0.5, 0.6) is 0 Å². The zero-order valence-corrected chi connectivity index (χ0v) is 30.2. The van der Waals surface area contributed by atoms with Crippen molar-refractivity contribution in [2.75, 3.05) is 29.9 Å². The summed E-state index contributed by atoms with van der Waals surface area (Å²) in [4.78, 5) is 59.5. The quantitative estimate of drug-likeness (QED) is 0.239. The Kier molecular flexibility index (Phi) is 9.39. The number of hydrogen-bond acceptors (Lipinski definition) is 10. The second-order valence-corrected chi connectivity index (χ2v) is 15.0. The van der Waals surface area contributed by atoms with Crippen LogP contribution in [0.3, 0.4) is 0 Å². The molecular formula is C36H38BrF2N9O5. The number of likely N-dealkylation sites (tertiary alicyclic amines) is 1. The Morgan fingerprint density at radius 3 is 2.62 bits per heavy atom. The van der Waals surface area contributed by atoms with Gasteiger partial charge in [-0.15, -0.1) is 0 Å². The number of halogens is 3. The highest BCUT2D eigenvalue weighted by molar-refractivity contribution is 9.10. The van der Waals surface area contributed by atoms with Crippen molar-refractivity contribution in [2.24, 2.45) is 11.7 Å². The smallest absolute Gasteiger partial charge is 0.284 e. The molecule has 17 heteroatoms. The molecule has 5 aliphatic rings. The molecular weight excluding hydrogens is 756 g/mol. The number of nitrogens with zero attached hydrogens (tertiary/aromatic N) is 6. The topological polar surface area (TPSA) is 168 Å². The number of alkyl halides is 2. The van der Waals surface area contributed by atoms with Gasteiger partial charge in [0.05, 0.1) is 11.7 Å².